The molecule has 2 aliphatic carbocycles. The van der Waals surface area contributed by atoms with Gasteiger partial charge in [0.1, 0.15) is 0 Å². The molecule has 0 bridgehead atoms. The summed E-state index contributed by atoms with van der Waals surface area (Å²) in [6.45, 7) is 4.49. The van der Waals surface area contributed by atoms with E-state index in [0.29, 0.717) is 0 Å². The lowest BCUT2D eigenvalue weighted by Crippen LogP contribution is -1.83. The van der Waals surface area contributed by atoms with Crippen LogP contribution in [0.2, 0.25) is 0 Å². The van der Waals surface area contributed by atoms with Crippen LogP contribution >= 0.6 is 23.5 Å². The highest BCUT2D eigenvalue weighted by molar-refractivity contribution is 8.03. The maximum atomic E-state index is 2.39. The summed E-state index contributed by atoms with van der Waals surface area (Å²) in [6, 6.07) is 10.8. The van der Waals surface area contributed by atoms with Gasteiger partial charge in [0.25, 0.3) is 0 Å². The van der Waals surface area contributed by atoms with E-state index in [4.69, 9.17) is 0 Å². The van der Waals surface area contributed by atoms with Gasteiger partial charge in [-0.3, -0.25) is 0 Å². The van der Waals surface area contributed by atoms with Gasteiger partial charge in [-0.25, -0.2) is 0 Å². The molecule has 22 heavy (non-hydrogen) atoms. The first-order chi connectivity index (χ1) is 10.8. The Balaban J connectivity index is 1.94. The van der Waals surface area contributed by atoms with Crippen molar-refractivity contribution in [2.45, 2.75) is 26.7 Å². The van der Waals surface area contributed by atoms with Crippen molar-refractivity contribution >= 4 is 29.1 Å². The second-order valence-electron chi connectivity index (χ2n) is 5.50. The average Bonchev–Trinajstić information content (AvgIpc) is 3.11. The molecule has 1 aromatic carbocycles. The Bertz CT molecular complexity index is 660. The topological polar surface area (TPSA) is 0 Å². The van der Waals surface area contributed by atoms with E-state index < -0.39 is 0 Å². The molecule has 1 aromatic rings. The third-order valence-corrected chi connectivity index (χ3v) is 6.16. The first-order valence-electron chi connectivity index (χ1n) is 8.04. The zero-order valence-electron chi connectivity index (χ0n) is 13.3. The number of hydrogen-bond acceptors (Lipinski definition) is 2. The fraction of sp³-hybridized carbons (Fsp3) is 0.300. The number of thioether (sulfide) groups is 2. The fourth-order valence-corrected chi connectivity index (χ4v) is 4.48. The van der Waals surface area contributed by atoms with Crippen LogP contribution in [-0.2, 0) is 0 Å². The molecule has 0 saturated heterocycles. The van der Waals surface area contributed by atoms with Crippen molar-refractivity contribution in [3.63, 3.8) is 0 Å². The minimum Gasteiger partial charge on any atom is -0.126 e. The number of allylic oxidation sites excluding steroid dienone is 6. The van der Waals surface area contributed by atoms with Gasteiger partial charge in [-0.05, 0) is 64.9 Å². The molecular formula is C20H22S2. The maximum absolute atomic E-state index is 2.39. The summed E-state index contributed by atoms with van der Waals surface area (Å²) in [5, 5.41) is 0. The van der Waals surface area contributed by atoms with Crippen LogP contribution in [0.25, 0.3) is 5.57 Å². The smallest absolute Gasteiger partial charge is 0.0157 e. The minimum atomic E-state index is 1.19. The molecule has 2 heteroatoms. The normalized spacial score (nSPS) is 16.5. The number of fused-ring (bicyclic) bond motifs is 1. The first-order valence-corrected chi connectivity index (χ1v) is 10.0. The van der Waals surface area contributed by atoms with Crippen LogP contribution in [0, 0.1) is 0 Å². The van der Waals surface area contributed by atoms with Crippen LogP contribution in [0.15, 0.2) is 69.5 Å². The van der Waals surface area contributed by atoms with E-state index in [2.05, 4.69) is 62.4 Å². The summed E-state index contributed by atoms with van der Waals surface area (Å²) in [5.74, 6) is 2.39. The number of benzene rings is 1. The molecule has 0 atom stereocenters. The molecule has 0 aliphatic heterocycles. The van der Waals surface area contributed by atoms with Gasteiger partial charge in [0.2, 0.25) is 0 Å². The van der Waals surface area contributed by atoms with E-state index in [-0.39, 0.29) is 0 Å². The summed E-state index contributed by atoms with van der Waals surface area (Å²) >= 11 is 3.97. The van der Waals surface area contributed by atoms with Crippen molar-refractivity contribution in [2.24, 2.45) is 0 Å². The summed E-state index contributed by atoms with van der Waals surface area (Å²) in [7, 11) is 0. The Kier molecular flexibility index (Phi) is 5.32. The van der Waals surface area contributed by atoms with E-state index in [9.17, 15) is 0 Å². The Hall–Kier alpha value is -1.12. The van der Waals surface area contributed by atoms with Gasteiger partial charge in [0.05, 0.1) is 0 Å². The van der Waals surface area contributed by atoms with Crippen molar-refractivity contribution in [3.8, 4) is 0 Å². The van der Waals surface area contributed by atoms with Gasteiger partial charge < -0.3 is 0 Å². The minimum absolute atomic E-state index is 1.19. The van der Waals surface area contributed by atoms with Gasteiger partial charge in [0.15, 0.2) is 0 Å². The van der Waals surface area contributed by atoms with Crippen molar-refractivity contribution in [2.75, 3.05) is 11.5 Å². The second kappa shape index (κ2) is 7.43. The fourth-order valence-electron chi connectivity index (χ4n) is 2.69. The standard InChI is InChI=1S/C20H22S2/c1-3-10-21-16-12-18-17(15-8-6-5-7-9-15)14-20(19(18)13-16)22-11-4-2/h5-9,12-14H,3-4,10-11H2,1-2H3. The molecule has 0 amide bonds. The van der Waals surface area contributed by atoms with Gasteiger partial charge in [-0.1, -0.05) is 44.2 Å². The van der Waals surface area contributed by atoms with Crippen molar-refractivity contribution in [1.29, 1.82) is 0 Å². The SMILES string of the molecule is CCCSC1=CC2=C(c3ccccc3)C=C(SCCC)C2=C1. The number of hydrogen-bond donors (Lipinski definition) is 0. The highest BCUT2D eigenvalue weighted by Crippen LogP contribution is 2.47. The molecule has 0 N–H and O–H groups in total. The predicted molar refractivity (Wildman–Crippen MR) is 103 cm³/mol. The molecule has 2 aliphatic rings. The van der Waals surface area contributed by atoms with Crippen molar-refractivity contribution in [1.82, 2.24) is 0 Å². The lowest BCUT2D eigenvalue weighted by Gasteiger charge is -2.03. The molecule has 0 saturated carbocycles. The molecule has 0 spiro atoms. The van der Waals surface area contributed by atoms with Gasteiger partial charge in [0, 0.05) is 9.81 Å². The van der Waals surface area contributed by atoms with E-state index in [1.54, 1.807) is 0 Å². The summed E-state index contributed by atoms with van der Waals surface area (Å²) in [4.78, 5) is 2.86. The van der Waals surface area contributed by atoms with Gasteiger partial charge >= 0.3 is 0 Å². The van der Waals surface area contributed by atoms with Crippen LogP contribution in [0.4, 0.5) is 0 Å². The Morgan fingerprint density at radius 2 is 1.50 bits per heavy atom. The van der Waals surface area contributed by atoms with E-state index in [0.717, 1.165) is 0 Å². The Labute approximate surface area is 142 Å². The van der Waals surface area contributed by atoms with Crippen LogP contribution in [0.1, 0.15) is 32.3 Å². The van der Waals surface area contributed by atoms with Crippen LogP contribution in [0.3, 0.4) is 0 Å². The van der Waals surface area contributed by atoms with E-state index in [1.165, 1.54) is 56.4 Å². The number of rotatable bonds is 7. The van der Waals surface area contributed by atoms with Crippen LogP contribution in [-0.4, -0.2) is 11.5 Å². The summed E-state index contributed by atoms with van der Waals surface area (Å²) in [6.07, 6.45) is 9.60. The van der Waals surface area contributed by atoms with Crippen molar-refractivity contribution < 1.29 is 0 Å². The Morgan fingerprint density at radius 3 is 2.23 bits per heavy atom. The monoisotopic (exact) mass is 326 g/mol. The molecule has 114 valence electrons. The Morgan fingerprint density at radius 1 is 0.773 bits per heavy atom. The quantitative estimate of drug-likeness (QED) is 0.565. The first kappa shape index (κ1) is 15.8. The molecule has 0 heterocycles. The second-order valence-corrected chi connectivity index (χ2v) is 7.81. The zero-order valence-corrected chi connectivity index (χ0v) is 14.9. The predicted octanol–water partition coefficient (Wildman–Crippen LogP) is 6.45. The molecule has 0 aromatic heterocycles. The summed E-state index contributed by atoms with van der Waals surface area (Å²) < 4.78 is 0. The van der Waals surface area contributed by atoms with Crippen LogP contribution < -0.4 is 0 Å². The summed E-state index contributed by atoms with van der Waals surface area (Å²) in [5.41, 5.74) is 5.57. The molecule has 3 rings (SSSR count). The van der Waals surface area contributed by atoms with Crippen molar-refractivity contribution in [3.05, 3.63) is 75.1 Å². The highest BCUT2D eigenvalue weighted by atomic mass is 32.2. The lowest BCUT2D eigenvalue weighted by molar-refractivity contribution is 1.11. The third-order valence-electron chi connectivity index (χ3n) is 3.71. The maximum Gasteiger partial charge on any atom is 0.0157 e. The lowest BCUT2D eigenvalue weighted by atomic mass is 10.0. The molecule has 0 nitrogen and oxygen atoms in total. The zero-order chi connectivity index (χ0) is 15.4. The molecule has 0 unspecified atom stereocenters. The molecular weight excluding hydrogens is 304 g/mol. The highest BCUT2D eigenvalue weighted by Gasteiger charge is 2.25. The van der Waals surface area contributed by atoms with Gasteiger partial charge in [-0.2, -0.15) is 0 Å². The van der Waals surface area contributed by atoms with E-state index >= 15 is 0 Å². The van der Waals surface area contributed by atoms with Crippen LogP contribution in [0.5, 0.6) is 0 Å². The van der Waals surface area contributed by atoms with Gasteiger partial charge in [-0.15, -0.1) is 23.5 Å². The molecule has 0 radical (unpaired) electrons. The van der Waals surface area contributed by atoms with E-state index in [1.807, 2.05) is 23.5 Å². The third kappa shape index (κ3) is 3.28. The average molecular weight is 327 g/mol. The largest absolute Gasteiger partial charge is 0.126 e. The molecule has 0 fully saturated rings.